The van der Waals surface area contributed by atoms with E-state index in [2.05, 4.69) is 10.3 Å². The molecule has 3 rings (SSSR count). The van der Waals surface area contributed by atoms with Crippen molar-refractivity contribution in [3.8, 4) is 11.1 Å². The zero-order chi connectivity index (χ0) is 16.1. The number of carbonyl (C=O) groups is 1. The van der Waals surface area contributed by atoms with E-state index < -0.39 is 11.7 Å². The summed E-state index contributed by atoms with van der Waals surface area (Å²) >= 11 is 0. The summed E-state index contributed by atoms with van der Waals surface area (Å²) in [4.78, 5) is 16.2. The molecule has 0 aliphatic heterocycles. The van der Waals surface area contributed by atoms with Crippen molar-refractivity contribution in [2.45, 2.75) is 6.54 Å². The van der Waals surface area contributed by atoms with Gasteiger partial charge >= 0.3 is 0 Å². The quantitative estimate of drug-likeness (QED) is 0.796. The Bertz CT molecular complexity index is 804. The number of benzene rings is 2. The summed E-state index contributed by atoms with van der Waals surface area (Å²) in [5.41, 5.74) is 2.70. The first-order valence-corrected chi connectivity index (χ1v) is 7.26. The second-order valence-electron chi connectivity index (χ2n) is 5.10. The number of rotatable bonds is 4. The van der Waals surface area contributed by atoms with Gasteiger partial charge in [0, 0.05) is 18.9 Å². The summed E-state index contributed by atoms with van der Waals surface area (Å²) in [6, 6.07) is 17.7. The van der Waals surface area contributed by atoms with E-state index in [4.69, 9.17) is 0 Å². The Kier molecular flexibility index (Phi) is 4.43. The Labute approximate surface area is 133 Å². The monoisotopic (exact) mass is 306 g/mol. The zero-order valence-corrected chi connectivity index (χ0v) is 12.4. The standard InChI is InChI=1S/C19H15FN2O/c20-18-7-6-16(15-4-2-1-3-5-15)12-17(18)19(23)22-13-14-8-10-21-11-9-14/h1-12H,13H2,(H,22,23). The molecule has 3 aromatic rings. The van der Waals surface area contributed by atoms with Crippen molar-refractivity contribution in [2.75, 3.05) is 0 Å². The summed E-state index contributed by atoms with van der Waals surface area (Å²) < 4.78 is 14.0. The van der Waals surface area contributed by atoms with Crippen LogP contribution in [0, 0.1) is 5.82 Å². The highest BCUT2D eigenvalue weighted by Gasteiger charge is 2.13. The van der Waals surface area contributed by atoms with Crippen molar-refractivity contribution in [2.24, 2.45) is 0 Å². The molecule has 0 bridgehead atoms. The number of hydrogen-bond donors (Lipinski definition) is 1. The lowest BCUT2D eigenvalue weighted by Crippen LogP contribution is -2.23. The van der Waals surface area contributed by atoms with Crippen LogP contribution in [0.3, 0.4) is 0 Å². The molecule has 0 aliphatic carbocycles. The molecule has 23 heavy (non-hydrogen) atoms. The van der Waals surface area contributed by atoms with Crippen molar-refractivity contribution in [1.82, 2.24) is 10.3 Å². The third kappa shape index (κ3) is 3.61. The topological polar surface area (TPSA) is 42.0 Å². The molecule has 0 radical (unpaired) electrons. The SMILES string of the molecule is O=C(NCc1ccncc1)c1cc(-c2ccccc2)ccc1F. The largest absolute Gasteiger partial charge is 0.348 e. The van der Waals surface area contributed by atoms with Gasteiger partial charge in [0.25, 0.3) is 5.91 Å². The van der Waals surface area contributed by atoms with Crippen molar-refractivity contribution in [3.63, 3.8) is 0 Å². The highest BCUT2D eigenvalue weighted by molar-refractivity contribution is 5.95. The minimum absolute atomic E-state index is 0.0420. The van der Waals surface area contributed by atoms with Crippen molar-refractivity contribution in [1.29, 1.82) is 0 Å². The molecule has 0 aliphatic rings. The van der Waals surface area contributed by atoms with E-state index in [1.54, 1.807) is 36.7 Å². The fraction of sp³-hybridized carbons (Fsp3) is 0.0526. The van der Waals surface area contributed by atoms with Crippen LogP contribution in [-0.4, -0.2) is 10.9 Å². The van der Waals surface area contributed by atoms with Crippen LogP contribution >= 0.6 is 0 Å². The van der Waals surface area contributed by atoms with Crippen molar-refractivity contribution in [3.05, 3.63) is 90.0 Å². The summed E-state index contributed by atoms with van der Waals surface area (Å²) in [6.45, 7) is 0.330. The van der Waals surface area contributed by atoms with Crippen LogP contribution in [0.4, 0.5) is 4.39 Å². The van der Waals surface area contributed by atoms with Gasteiger partial charge in [-0.2, -0.15) is 0 Å². The van der Waals surface area contributed by atoms with E-state index in [1.165, 1.54) is 6.07 Å². The first-order chi connectivity index (χ1) is 11.2. The average Bonchev–Trinajstić information content (AvgIpc) is 2.62. The molecule has 1 amide bonds. The normalized spacial score (nSPS) is 10.3. The maximum Gasteiger partial charge on any atom is 0.254 e. The predicted octanol–water partition coefficient (Wildman–Crippen LogP) is 3.82. The lowest BCUT2D eigenvalue weighted by Gasteiger charge is -2.08. The molecule has 0 fully saturated rings. The number of carbonyl (C=O) groups excluding carboxylic acids is 1. The fourth-order valence-electron chi connectivity index (χ4n) is 2.29. The van der Waals surface area contributed by atoms with Crippen LogP contribution in [0.2, 0.25) is 0 Å². The van der Waals surface area contributed by atoms with Gasteiger partial charge in [0.05, 0.1) is 5.56 Å². The van der Waals surface area contributed by atoms with Crippen LogP contribution in [0.1, 0.15) is 15.9 Å². The first-order valence-electron chi connectivity index (χ1n) is 7.26. The highest BCUT2D eigenvalue weighted by Crippen LogP contribution is 2.22. The number of pyridine rings is 1. The number of amides is 1. The minimum Gasteiger partial charge on any atom is -0.348 e. The van der Waals surface area contributed by atoms with E-state index in [0.29, 0.717) is 6.54 Å². The molecule has 4 heteroatoms. The van der Waals surface area contributed by atoms with Gasteiger partial charge in [-0.3, -0.25) is 9.78 Å². The predicted molar refractivity (Wildman–Crippen MR) is 87.2 cm³/mol. The second-order valence-corrected chi connectivity index (χ2v) is 5.10. The van der Waals surface area contributed by atoms with Crippen LogP contribution in [0.5, 0.6) is 0 Å². The van der Waals surface area contributed by atoms with Crippen LogP contribution in [0.15, 0.2) is 73.1 Å². The molecule has 1 heterocycles. The summed E-state index contributed by atoms with van der Waals surface area (Å²) in [5.74, 6) is -0.964. The maximum absolute atomic E-state index is 14.0. The lowest BCUT2D eigenvalue weighted by molar-refractivity contribution is 0.0947. The molecule has 1 N–H and O–H groups in total. The average molecular weight is 306 g/mol. The van der Waals surface area contributed by atoms with Crippen molar-refractivity contribution < 1.29 is 9.18 Å². The van der Waals surface area contributed by atoms with Crippen molar-refractivity contribution >= 4 is 5.91 Å². The van der Waals surface area contributed by atoms with E-state index >= 15 is 0 Å². The summed E-state index contributed by atoms with van der Waals surface area (Å²) in [5, 5.41) is 2.73. The van der Waals surface area contributed by atoms with Gasteiger partial charge in [-0.1, -0.05) is 36.4 Å². The van der Waals surface area contributed by atoms with Gasteiger partial charge in [0.15, 0.2) is 0 Å². The summed E-state index contributed by atoms with van der Waals surface area (Å²) in [6.07, 6.45) is 3.30. The van der Waals surface area contributed by atoms with E-state index in [9.17, 15) is 9.18 Å². The molecule has 0 saturated carbocycles. The Hall–Kier alpha value is -3.01. The van der Waals surface area contributed by atoms with E-state index in [0.717, 1.165) is 16.7 Å². The van der Waals surface area contributed by atoms with Gasteiger partial charge in [-0.15, -0.1) is 0 Å². The Morgan fingerprint density at radius 1 is 0.957 bits per heavy atom. The van der Waals surface area contributed by atoms with Crippen LogP contribution < -0.4 is 5.32 Å². The van der Waals surface area contributed by atoms with Gasteiger partial charge < -0.3 is 5.32 Å². The number of nitrogens with one attached hydrogen (secondary N) is 1. The molecular formula is C19H15FN2O. The Morgan fingerprint density at radius 3 is 2.43 bits per heavy atom. The van der Waals surface area contributed by atoms with E-state index in [1.807, 2.05) is 30.3 Å². The fourth-order valence-corrected chi connectivity index (χ4v) is 2.29. The lowest BCUT2D eigenvalue weighted by atomic mass is 10.0. The first kappa shape index (κ1) is 14.9. The van der Waals surface area contributed by atoms with Crippen LogP contribution in [0.25, 0.3) is 11.1 Å². The molecule has 0 atom stereocenters. The molecular weight excluding hydrogens is 291 g/mol. The second kappa shape index (κ2) is 6.83. The number of hydrogen-bond acceptors (Lipinski definition) is 2. The zero-order valence-electron chi connectivity index (χ0n) is 12.4. The molecule has 3 nitrogen and oxygen atoms in total. The number of aromatic nitrogens is 1. The molecule has 0 saturated heterocycles. The number of nitrogens with zero attached hydrogens (tertiary/aromatic N) is 1. The molecule has 114 valence electrons. The third-order valence-electron chi connectivity index (χ3n) is 3.52. The molecule has 1 aromatic heterocycles. The molecule has 2 aromatic carbocycles. The van der Waals surface area contributed by atoms with Gasteiger partial charge in [0.1, 0.15) is 5.82 Å². The van der Waals surface area contributed by atoms with Gasteiger partial charge in [0.2, 0.25) is 0 Å². The number of halogens is 1. The van der Waals surface area contributed by atoms with Crippen LogP contribution in [-0.2, 0) is 6.54 Å². The van der Waals surface area contributed by atoms with Gasteiger partial charge in [-0.05, 0) is 41.0 Å². The smallest absolute Gasteiger partial charge is 0.254 e. The maximum atomic E-state index is 14.0. The minimum atomic E-state index is -0.531. The Morgan fingerprint density at radius 2 is 1.70 bits per heavy atom. The summed E-state index contributed by atoms with van der Waals surface area (Å²) in [7, 11) is 0. The Balaban J connectivity index is 1.80. The third-order valence-corrected chi connectivity index (χ3v) is 3.52. The molecule has 0 unspecified atom stereocenters. The van der Waals surface area contributed by atoms with E-state index in [-0.39, 0.29) is 5.56 Å². The highest BCUT2D eigenvalue weighted by atomic mass is 19.1. The molecule has 0 spiro atoms. The van der Waals surface area contributed by atoms with Gasteiger partial charge in [-0.25, -0.2) is 4.39 Å².